The Kier molecular flexibility index (Phi) is 2.95. The van der Waals surface area contributed by atoms with Gasteiger partial charge < -0.3 is 15.2 Å². The van der Waals surface area contributed by atoms with Gasteiger partial charge in [-0.25, -0.2) is 4.79 Å². The predicted octanol–water partition coefficient (Wildman–Crippen LogP) is 0.925. The van der Waals surface area contributed by atoms with E-state index in [4.69, 9.17) is 21.6 Å². The number of hydrogen-bond donors (Lipinski definition) is 1. The van der Waals surface area contributed by atoms with Crippen LogP contribution in [0, 0.1) is 12.3 Å². The van der Waals surface area contributed by atoms with Crippen molar-refractivity contribution in [2.75, 3.05) is 19.8 Å². The Labute approximate surface area is 116 Å². The minimum atomic E-state index is -0.450. The van der Waals surface area contributed by atoms with Crippen LogP contribution in [-0.2, 0) is 0 Å². The molecule has 102 valence electrons. The number of terminal acetylenes is 1. The third kappa shape index (κ3) is 1.93. The number of fused-ring (bicyclic) bond motifs is 1. The summed E-state index contributed by atoms with van der Waals surface area (Å²) in [5.74, 6) is 4.00. The molecule has 2 amide bonds. The minimum absolute atomic E-state index is 0.155. The van der Waals surface area contributed by atoms with Crippen molar-refractivity contribution in [3.63, 3.8) is 0 Å². The molecule has 6 heteroatoms. The molecule has 20 heavy (non-hydrogen) atoms. The summed E-state index contributed by atoms with van der Waals surface area (Å²) >= 11 is 0. The summed E-state index contributed by atoms with van der Waals surface area (Å²) in [5, 5.41) is 0. The highest BCUT2D eigenvalue weighted by molar-refractivity contribution is 6.03. The summed E-state index contributed by atoms with van der Waals surface area (Å²) in [4.78, 5) is 17.0. The van der Waals surface area contributed by atoms with Gasteiger partial charge in [0.05, 0.1) is 6.54 Å². The van der Waals surface area contributed by atoms with E-state index in [1.54, 1.807) is 6.07 Å². The smallest absolute Gasteiger partial charge is 0.346 e. The van der Waals surface area contributed by atoms with Crippen LogP contribution in [0.15, 0.2) is 23.2 Å². The molecule has 1 aromatic rings. The molecule has 0 spiro atoms. The number of nitrogens with zero attached hydrogens (tertiary/aromatic N) is 2. The van der Waals surface area contributed by atoms with Gasteiger partial charge in [-0.15, -0.1) is 6.42 Å². The summed E-state index contributed by atoms with van der Waals surface area (Å²) in [6.45, 7) is 1.18. The van der Waals surface area contributed by atoms with Crippen LogP contribution in [0.25, 0.3) is 0 Å². The maximum absolute atomic E-state index is 11.8. The molecule has 3 rings (SSSR count). The van der Waals surface area contributed by atoms with Gasteiger partial charge in [-0.05, 0) is 17.7 Å². The first kappa shape index (κ1) is 12.4. The van der Waals surface area contributed by atoms with Crippen molar-refractivity contribution in [1.29, 1.82) is 0 Å². The van der Waals surface area contributed by atoms with Gasteiger partial charge in [0, 0.05) is 0 Å². The molecule has 2 N–H and O–H groups in total. The molecular weight excluding hydrogens is 258 g/mol. The van der Waals surface area contributed by atoms with Crippen LogP contribution >= 0.6 is 0 Å². The van der Waals surface area contributed by atoms with E-state index in [-0.39, 0.29) is 12.4 Å². The van der Waals surface area contributed by atoms with Crippen LogP contribution in [-0.4, -0.2) is 36.5 Å². The molecule has 2 heterocycles. The van der Waals surface area contributed by atoms with E-state index in [1.165, 1.54) is 4.90 Å². The number of rotatable bonds is 2. The number of aliphatic imine (C=N–C) groups is 1. The largest absolute Gasteiger partial charge is 0.486 e. The van der Waals surface area contributed by atoms with Gasteiger partial charge in [0.2, 0.25) is 0 Å². The zero-order chi connectivity index (χ0) is 14.1. The fraction of sp³-hybridized carbons (Fsp3) is 0.286. The average Bonchev–Trinajstić information content (AvgIpc) is 2.73. The molecule has 0 radical (unpaired) electrons. The van der Waals surface area contributed by atoms with Crippen molar-refractivity contribution in [3.8, 4) is 23.8 Å². The van der Waals surface area contributed by atoms with Crippen molar-refractivity contribution in [1.82, 2.24) is 4.90 Å². The monoisotopic (exact) mass is 271 g/mol. The highest BCUT2D eigenvalue weighted by Gasteiger charge is 2.34. The van der Waals surface area contributed by atoms with Crippen LogP contribution in [0.4, 0.5) is 4.79 Å². The Morgan fingerprint density at radius 1 is 1.40 bits per heavy atom. The van der Waals surface area contributed by atoms with Gasteiger partial charge in [0.1, 0.15) is 25.1 Å². The summed E-state index contributed by atoms with van der Waals surface area (Å²) in [5.41, 5.74) is 6.65. The topological polar surface area (TPSA) is 77.2 Å². The number of carbonyl (C=O) groups is 1. The van der Waals surface area contributed by atoms with Crippen molar-refractivity contribution >= 4 is 11.9 Å². The number of urea groups is 1. The molecule has 1 atom stereocenters. The van der Waals surface area contributed by atoms with Crippen molar-refractivity contribution < 1.29 is 14.3 Å². The summed E-state index contributed by atoms with van der Waals surface area (Å²) in [6.07, 6.45) is 5.29. The maximum Gasteiger partial charge on any atom is 0.346 e. The van der Waals surface area contributed by atoms with E-state index in [9.17, 15) is 4.79 Å². The van der Waals surface area contributed by atoms with Gasteiger partial charge in [0.15, 0.2) is 11.5 Å². The second-order valence-corrected chi connectivity index (χ2v) is 4.46. The van der Waals surface area contributed by atoms with E-state index >= 15 is 0 Å². The molecule has 0 aromatic heterocycles. The Morgan fingerprint density at radius 3 is 2.90 bits per heavy atom. The first-order valence-electron chi connectivity index (χ1n) is 6.18. The lowest BCUT2D eigenvalue weighted by atomic mass is 10.0. The molecule has 1 aromatic carbocycles. The molecule has 1 unspecified atom stereocenters. The lowest BCUT2D eigenvalue weighted by Gasteiger charge is -2.24. The predicted molar refractivity (Wildman–Crippen MR) is 72.7 cm³/mol. The molecule has 2 aliphatic rings. The van der Waals surface area contributed by atoms with Crippen LogP contribution in [0.3, 0.4) is 0 Å². The molecule has 0 saturated carbocycles. The highest BCUT2D eigenvalue weighted by atomic mass is 16.6. The van der Waals surface area contributed by atoms with Crippen molar-refractivity contribution in [2.24, 2.45) is 10.7 Å². The van der Waals surface area contributed by atoms with Gasteiger partial charge in [0.25, 0.3) is 0 Å². The Hall–Kier alpha value is -2.68. The molecule has 0 aliphatic carbocycles. The van der Waals surface area contributed by atoms with Crippen LogP contribution < -0.4 is 15.2 Å². The van der Waals surface area contributed by atoms with E-state index in [2.05, 4.69) is 10.9 Å². The molecule has 0 saturated heterocycles. The fourth-order valence-electron chi connectivity index (χ4n) is 2.34. The molecular formula is C14H13N3O3. The van der Waals surface area contributed by atoms with E-state index in [1.807, 2.05) is 12.1 Å². The highest BCUT2D eigenvalue weighted by Crippen LogP contribution is 2.35. The molecule has 6 nitrogen and oxygen atoms in total. The Bertz CT molecular complexity index is 633. The molecule has 0 fully saturated rings. The SMILES string of the molecule is C#CCN1C(=O)N=C(N)C1c1ccc2c(c1)OCCO2. The van der Waals surface area contributed by atoms with E-state index < -0.39 is 12.1 Å². The van der Waals surface area contributed by atoms with Crippen LogP contribution in [0.5, 0.6) is 11.5 Å². The summed E-state index contributed by atoms with van der Waals surface area (Å²) in [7, 11) is 0. The number of hydrogen-bond acceptors (Lipinski definition) is 4. The lowest BCUT2D eigenvalue weighted by molar-refractivity contribution is 0.171. The zero-order valence-corrected chi connectivity index (χ0v) is 10.7. The lowest BCUT2D eigenvalue weighted by Crippen LogP contribution is -2.33. The van der Waals surface area contributed by atoms with Crippen LogP contribution in [0.1, 0.15) is 11.6 Å². The number of benzene rings is 1. The van der Waals surface area contributed by atoms with Gasteiger partial charge >= 0.3 is 6.03 Å². The minimum Gasteiger partial charge on any atom is -0.486 e. The van der Waals surface area contributed by atoms with Gasteiger partial charge in [-0.1, -0.05) is 12.0 Å². The van der Waals surface area contributed by atoms with E-state index in [0.29, 0.717) is 24.7 Å². The summed E-state index contributed by atoms with van der Waals surface area (Å²) < 4.78 is 11.0. The third-order valence-corrected chi connectivity index (χ3v) is 3.21. The first-order chi connectivity index (χ1) is 9.70. The second-order valence-electron chi connectivity index (χ2n) is 4.46. The van der Waals surface area contributed by atoms with Crippen molar-refractivity contribution in [2.45, 2.75) is 6.04 Å². The molecule has 0 bridgehead atoms. The fourth-order valence-corrected chi connectivity index (χ4v) is 2.34. The normalized spacial score (nSPS) is 20.6. The van der Waals surface area contributed by atoms with Crippen LogP contribution in [0.2, 0.25) is 0 Å². The Morgan fingerprint density at radius 2 is 2.15 bits per heavy atom. The standard InChI is InChI=1S/C14H13N3O3/c1-2-5-17-12(13(15)16-14(17)18)9-3-4-10-11(8-9)20-7-6-19-10/h1,3-4,8,12H,5-7H2,(H2,15,16,18). The maximum atomic E-state index is 11.8. The number of amides is 2. The van der Waals surface area contributed by atoms with Gasteiger partial charge in [-0.2, -0.15) is 4.99 Å². The average molecular weight is 271 g/mol. The number of nitrogens with two attached hydrogens (primary N) is 1. The van der Waals surface area contributed by atoms with Gasteiger partial charge in [-0.3, -0.25) is 4.90 Å². The Balaban J connectivity index is 1.97. The quantitative estimate of drug-likeness (QED) is 0.812. The first-order valence-corrected chi connectivity index (χ1v) is 6.18. The third-order valence-electron chi connectivity index (χ3n) is 3.21. The van der Waals surface area contributed by atoms with E-state index in [0.717, 1.165) is 5.56 Å². The second kappa shape index (κ2) is 4.78. The number of ether oxygens (including phenoxy) is 2. The molecule has 2 aliphatic heterocycles. The zero-order valence-electron chi connectivity index (χ0n) is 10.7. The number of amidine groups is 1. The summed E-state index contributed by atoms with van der Waals surface area (Å²) in [6, 6.07) is 4.58. The van der Waals surface area contributed by atoms with Crippen molar-refractivity contribution in [3.05, 3.63) is 23.8 Å². The number of carbonyl (C=O) groups excluding carboxylic acids is 1.